The average Bonchev–Trinajstić information content (AvgIpc) is 3.21. The van der Waals surface area contributed by atoms with Gasteiger partial charge in [-0.25, -0.2) is 14.5 Å². The van der Waals surface area contributed by atoms with Gasteiger partial charge >= 0.3 is 6.09 Å². The van der Waals surface area contributed by atoms with Crippen molar-refractivity contribution in [3.8, 4) is 22.8 Å². The largest absolute Gasteiger partial charge is 0.481 e. The topological polar surface area (TPSA) is 97.6 Å². The maximum absolute atomic E-state index is 12.6. The molecule has 1 amide bonds. The van der Waals surface area contributed by atoms with Gasteiger partial charge in [0.25, 0.3) is 0 Å². The Bertz CT molecular complexity index is 1130. The Morgan fingerprint density at radius 2 is 1.79 bits per heavy atom. The molecule has 3 aromatic rings. The van der Waals surface area contributed by atoms with Crippen LogP contribution in [0.15, 0.2) is 48.7 Å². The fourth-order valence-corrected chi connectivity index (χ4v) is 3.37. The van der Waals surface area contributed by atoms with Crippen molar-refractivity contribution in [1.82, 2.24) is 19.7 Å². The molecule has 0 spiro atoms. The summed E-state index contributed by atoms with van der Waals surface area (Å²) < 4.78 is 6.83. The van der Waals surface area contributed by atoms with E-state index in [1.807, 2.05) is 65.0 Å². The normalized spacial score (nSPS) is 11.5. The summed E-state index contributed by atoms with van der Waals surface area (Å²) in [7, 11) is 1.55. The number of aromatic nitrogens is 3. The van der Waals surface area contributed by atoms with Crippen LogP contribution in [0.4, 0.5) is 4.79 Å². The molecule has 2 aromatic heterocycles. The minimum atomic E-state index is -0.964. The highest BCUT2D eigenvalue weighted by molar-refractivity contribution is 5.96. The van der Waals surface area contributed by atoms with E-state index in [-0.39, 0.29) is 18.2 Å². The molecule has 0 aliphatic heterocycles. The number of carbonyl (C=O) groups excluding carboxylic acids is 1. The molecular weight excluding hydrogens is 420 g/mol. The second kappa shape index (κ2) is 9.44. The highest BCUT2D eigenvalue weighted by Gasteiger charge is 2.26. The van der Waals surface area contributed by atoms with E-state index in [2.05, 4.69) is 10.1 Å². The summed E-state index contributed by atoms with van der Waals surface area (Å²) >= 11 is 0. The number of ketones is 1. The number of pyridine rings is 1. The molecule has 8 nitrogen and oxygen atoms in total. The molecule has 0 saturated heterocycles. The summed E-state index contributed by atoms with van der Waals surface area (Å²) in [5.41, 5.74) is 3.01. The number of rotatable bonds is 7. The molecule has 8 heteroatoms. The van der Waals surface area contributed by atoms with Gasteiger partial charge in [0.1, 0.15) is 5.69 Å². The van der Waals surface area contributed by atoms with Crippen LogP contribution in [0.3, 0.4) is 0 Å². The van der Waals surface area contributed by atoms with Crippen LogP contribution < -0.4 is 4.74 Å². The second-order valence-electron chi connectivity index (χ2n) is 9.14. The van der Waals surface area contributed by atoms with Gasteiger partial charge in [0, 0.05) is 29.6 Å². The molecule has 0 saturated carbocycles. The molecule has 33 heavy (non-hydrogen) atoms. The first kappa shape index (κ1) is 24.0. The summed E-state index contributed by atoms with van der Waals surface area (Å²) in [6.07, 6.45) is 0.676. The molecule has 0 aliphatic carbocycles. The van der Waals surface area contributed by atoms with E-state index in [0.717, 1.165) is 16.8 Å². The molecule has 0 unspecified atom stereocenters. The van der Waals surface area contributed by atoms with E-state index in [1.54, 1.807) is 30.1 Å². The SMILES string of the molecule is COc1ccc(-n2nc(C(=O)C(C)C)cc2-c2ccc(CN(C(=O)O)C(C)(C)C)cc2)cn1. The number of hydrogen-bond donors (Lipinski definition) is 1. The van der Waals surface area contributed by atoms with Crippen LogP contribution in [-0.2, 0) is 6.54 Å². The lowest BCUT2D eigenvalue weighted by molar-refractivity contribution is 0.0930. The van der Waals surface area contributed by atoms with Gasteiger partial charge in [-0.2, -0.15) is 5.10 Å². The monoisotopic (exact) mass is 450 g/mol. The molecule has 1 aromatic carbocycles. The molecule has 174 valence electrons. The van der Waals surface area contributed by atoms with Crippen molar-refractivity contribution in [2.45, 2.75) is 46.7 Å². The van der Waals surface area contributed by atoms with Crippen molar-refractivity contribution in [1.29, 1.82) is 0 Å². The Kier molecular flexibility index (Phi) is 6.86. The first-order chi connectivity index (χ1) is 15.5. The number of ether oxygens (including phenoxy) is 1. The van der Waals surface area contributed by atoms with E-state index in [9.17, 15) is 14.7 Å². The molecule has 0 fully saturated rings. The number of nitrogens with zero attached hydrogens (tertiary/aromatic N) is 4. The fourth-order valence-electron chi connectivity index (χ4n) is 3.37. The van der Waals surface area contributed by atoms with Crippen LogP contribution in [0.2, 0.25) is 0 Å². The Morgan fingerprint density at radius 1 is 1.12 bits per heavy atom. The Balaban J connectivity index is 2.00. The van der Waals surface area contributed by atoms with Crippen molar-refractivity contribution in [3.63, 3.8) is 0 Å². The first-order valence-corrected chi connectivity index (χ1v) is 10.8. The number of carboxylic acid groups (broad SMARTS) is 1. The Hall–Kier alpha value is -3.68. The minimum absolute atomic E-state index is 0.0460. The summed E-state index contributed by atoms with van der Waals surface area (Å²) in [6.45, 7) is 9.55. The predicted molar refractivity (Wildman–Crippen MR) is 126 cm³/mol. The maximum Gasteiger partial charge on any atom is 0.408 e. The second-order valence-corrected chi connectivity index (χ2v) is 9.14. The number of amides is 1. The zero-order valence-corrected chi connectivity index (χ0v) is 19.9. The van der Waals surface area contributed by atoms with Crippen LogP contribution in [0.25, 0.3) is 16.9 Å². The third-order valence-electron chi connectivity index (χ3n) is 5.29. The molecule has 0 aliphatic rings. The highest BCUT2D eigenvalue weighted by atomic mass is 16.5. The molecule has 0 bridgehead atoms. The summed E-state index contributed by atoms with van der Waals surface area (Å²) in [5.74, 6) is 0.254. The molecule has 2 heterocycles. The summed E-state index contributed by atoms with van der Waals surface area (Å²) in [6, 6.07) is 12.9. The fraction of sp³-hybridized carbons (Fsp3) is 0.360. The zero-order chi connectivity index (χ0) is 24.3. The van der Waals surface area contributed by atoms with Crippen molar-refractivity contribution < 1.29 is 19.4 Å². The lowest BCUT2D eigenvalue weighted by Gasteiger charge is -2.33. The molecule has 1 N–H and O–H groups in total. The van der Waals surface area contributed by atoms with Crippen LogP contribution in [0.5, 0.6) is 5.88 Å². The standard InChI is InChI=1S/C25H30N4O4/c1-16(2)23(30)20-13-21(29(27-20)19-11-12-22(33-6)26-14-19)18-9-7-17(8-10-18)15-28(24(31)32)25(3,4)5/h7-14,16H,15H2,1-6H3,(H,31,32). The summed E-state index contributed by atoms with van der Waals surface area (Å²) in [5, 5.41) is 14.1. The quantitative estimate of drug-likeness (QED) is 0.505. The van der Waals surface area contributed by atoms with Gasteiger partial charge in [-0.15, -0.1) is 0 Å². The highest BCUT2D eigenvalue weighted by Crippen LogP contribution is 2.27. The average molecular weight is 451 g/mol. The molecular formula is C25H30N4O4. The van der Waals surface area contributed by atoms with E-state index in [4.69, 9.17) is 4.74 Å². The van der Waals surface area contributed by atoms with E-state index in [1.165, 1.54) is 4.90 Å². The number of benzene rings is 1. The van der Waals surface area contributed by atoms with Gasteiger partial charge < -0.3 is 9.84 Å². The van der Waals surface area contributed by atoms with Crippen LogP contribution in [-0.4, -0.2) is 49.3 Å². The van der Waals surface area contributed by atoms with Gasteiger partial charge in [0.15, 0.2) is 5.78 Å². The maximum atomic E-state index is 12.6. The third kappa shape index (κ3) is 5.39. The smallest absolute Gasteiger partial charge is 0.408 e. The minimum Gasteiger partial charge on any atom is -0.481 e. The predicted octanol–water partition coefficient (Wildman–Crippen LogP) is 5.06. The third-order valence-corrected chi connectivity index (χ3v) is 5.29. The van der Waals surface area contributed by atoms with Gasteiger partial charge in [0.2, 0.25) is 5.88 Å². The van der Waals surface area contributed by atoms with E-state index in [0.29, 0.717) is 17.3 Å². The number of Topliss-reactive ketones (excluding diaryl/α,β-unsaturated/α-hetero) is 1. The van der Waals surface area contributed by atoms with Crippen molar-refractivity contribution >= 4 is 11.9 Å². The lowest BCUT2D eigenvalue weighted by Crippen LogP contribution is -2.44. The Morgan fingerprint density at radius 3 is 2.27 bits per heavy atom. The van der Waals surface area contributed by atoms with Gasteiger partial charge in [-0.3, -0.25) is 9.69 Å². The molecule has 3 rings (SSSR count). The number of hydrogen-bond acceptors (Lipinski definition) is 5. The first-order valence-electron chi connectivity index (χ1n) is 10.8. The van der Waals surface area contributed by atoms with Gasteiger partial charge in [-0.05, 0) is 38.5 Å². The molecule has 0 atom stereocenters. The van der Waals surface area contributed by atoms with Crippen molar-refractivity contribution in [2.75, 3.05) is 7.11 Å². The van der Waals surface area contributed by atoms with Crippen molar-refractivity contribution in [2.24, 2.45) is 5.92 Å². The lowest BCUT2D eigenvalue weighted by atomic mass is 10.0. The van der Waals surface area contributed by atoms with E-state index >= 15 is 0 Å². The molecule has 0 radical (unpaired) electrons. The van der Waals surface area contributed by atoms with Gasteiger partial charge in [0.05, 0.1) is 24.7 Å². The zero-order valence-electron chi connectivity index (χ0n) is 19.9. The van der Waals surface area contributed by atoms with Crippen LogP contribution in [0, 0.1) is 5.92 Å². The van der Waals surface area contributed by atoms with E-state index < -0.39 is 11.6 Å². The van der Waals surface area contributed by atoms with Crippen LogP contribution in [0.1, 0.15) is 50.7 Å². The number of carbonyl (C=O) groups is 2. The van der Waals surface area contributed by atoms with Crippen molar-refractivity contribution in [3.05, 3.63) is 59.9 Å². The Labute approximate surface area is 193 Å². The van der Waals surface area contributed by atoms with Gasteiger partial charge in [-0.1, -0.05) is 38.1 Å². The number of methoxy groups -OCH3 is 1. The van der Waals surface area contributed by atoms with Crippen LogP contribution >= 0.6 is 0 Å². The summed E-state index contributed by atoms with van der Waals surface area (Å²) in [4.78, 5) is 30.0.